The number of nitrogens with two attached hydrogens (primary N) is 1. The van der Waals surface area contributed by atoms with Crippen molar-refractivity contribution in [2.24, 2.45) is 5.73 Å². The Morgan fingerprint density at radius 1 is 1.41 bits per heavy atom. The van der Waals surface area contributed by atoms with Crippen molar-refractivity contribution >= 4 is 11.0 Å². The van der Waals surface area contributed by atoms with Gasteiger partial charge in [0.15, 0.2) is 0 Å². The molecule has 0 bridgehead atoms. The van der Waals surface area contributed by atoms with Crippen molar-refractivity contribution in [1.29, 1.82) is 0 Å². The molecular weight excluding hydrogens is 210 g/mol. The highest BCUT2D eigenvalue weighted by atomic mass is 15.2. The zero-order valence-electron chi connectivity index (χ0n) is 10.5. The number of benzene rings is 1. The van der Waals surface area contributed by atoms with Crippen LogP contribution in [0.5, 0.6) is 0 Å². The Morgan fingerprint density at radius 2 is 2.12 bits per heavy atom. The van der Waals surface area contributed by atoms with Crippen molar-refractivity contribution in [3.63, 3.8) is 0 Å². The lowest BCUT2D eigenvalue weighted by Crippen LogP contribution is -2.35. The van der Waals surface area contributed by atoms with Crippen molar-refractivity contribution < 1.29 is 0 Å². The van der Waals surface area contributed by atoms with Crippen LogP contribution >= 0.6 is 0 Å². The van der Waals surface area contributed by atoms with E-state index in [0.29, 0.717) is 6.04 Å². The average molecular weight is 229 g/mol. The molecule has 90 valence electrons. The van der Waals surface area contributed by atoms with Gasteiger partial charge in [-0.2, -0.15) is 0 Å². The van der Waals surface area contributed by atoms with Gasteiger partial charge in [0.1, 0.15) is 5.82 Å². The summed E-state index contributed by atoms with van der Waals surface area (Å²) < 4.78 is 2.36. The Hall–Kier alpha value is -1.35. The summed E-state index contributed by atoms with van der Waals surface area (Å²) in [4.78, 5) is 4.75. The molecule has 2 N–H and O–H groups in total. The third kappa shape index (κ3) is 1.65. The van der Waals surface area contributed by atoms with Gasteiger partial charge in [0, 0.05) is 6.04 Å². The van der Waals surface area contributed by atoms with E-state index in [1.165, 1.54) is 18.4 Å². The van der Waals surface area contributed by atoms with E-state index in [1.54, 1.807) is 0 Å². The third-order valence-electron chi connectivity index (χ3n) is 3.75. The van der Waals surface area contributed by atoms with Gasteiger partial charge in [0.25, 0.3) is 0 Å². The topological polar surface area (TPSA) is 43.8 Å². The quantitative estimate of drug-likeness (QED) is 0.879. The summed E-state index contributed by atoms with van der Waals surface area (Å²) in [5.41, 5.74) is 8.35. The molecule has 0 spiro atoms. The van der Waals surface area contributed by atoms with Gasteiger partial charge in [0.2, 0.25) is 0 Å². The Balaban J connectivity index is 2.26. The first-order chi connectivity index (χ1) is 8.13. The Morgan fingerprint density at radius 3 is 2.76 bits per heavy atom. The molecule has 1 atom stereocenters. The van der Waals surface area contributed by atoms with Crippen molar-refractivity contribution in [2.45, 2.75) is 44.7 Å². The summed E-state index contributed by atoms with van der Waals surface area (Å²) in [7, 11) is 0. The van der Waals surface area contributed by atoms with Crippen LogP contribution in [-0.2, 0) is 5.54 Å². The van der Waals surface area contributed by atoms with Crippen LogP contribution in [0.3, 0.4) is 0 Å². The van der Waals surface area contributed by atoms with Crippen molar-refractivity contribution in [3.8, 4) is 0 Å². The van der Waals surface area contributed by atoms with Gasteiger partial charge in [-0.25, -0.2) is 4.98 Å². The maximum absolute atomic E-state index is 6.38. The highest BCUT2D eigenvalue weighted by Crippen LogP contribution is 2.40. The largest absolute Gasteiger partial charge is 0.323 e. The predicted molar refractivity (Wildman–Crippen MR) is 69.8 cm³/mol. The van der Waals surface area contributed by atoms with Crippen molar-refractivity contribution in [1.82, 2.24) is 9.55 Å². The molecule has 0 aliphatic heterocycles. The molecule has 17 heavy (non-hydrogen) atoms. The second kappa shape index (κ2) is 3.57. The van der Waals surface area contributed by atoms with Crippen molar-refractivity contribution in [2.75, 3.05) is 0 Å². The summed E-state index contributed by atoms with van der Waals surface area (Å²) in [6.07, 6.45) is 3.42. The molecule has 3 heteroatoms. The van der Waals surface area contributed by atoms with Gasteiger partial charge in [-0.15, -0.1) is 0 Å². The Labute approximate surface area is 102 Å². The highest BCUT2D eigenvalue weighted by Gasteiger charge is 2.33. The summed E-state index contributed by atoms with van der Waals surface area (Å²) in [6.45, 7) is 4.20. The average Bonchev–Trinajstić information content (AvgIpc) is 3.09. The number of fused-ring (bicyclic) bond motifs is 1. The fraction of sp³-hybridized carbons (Fsp3) is 0.500. The molecule has 1 aromatic carbocycles. The van der Waals surface area contributed by atoms with Crippen LogP contribution in [0.1, 0.15) is 45.0 Å². The van der Waals surface area contributed by atoms with E-state index in [-0.39, 0.29) is 5.54 Å². The molecule has 0 amide bonds. The SMILES string of the molecule is CCC(C)(N)c1nc2ccccc2n1C1CC1. The third-order valence-corrected chi connectivity index (χ3v) is 3.75. The van der Waals surface area contributed by atoms with E-state index < -0.39 is 0 Å². The molecule has 1 aliphatic rings. The zero-order chi connectivity index (χ0) is 12.0. The van der Waals surface area contributed by atoms with E-state index in [9.17, 15) is 0 Å². The number of imidazole rings is 1. The fourth-order valence-corrected chi connectivity index (χ4v) is 2.31. The van der Waals surface area contributed by atoms with Gasteiger partial charge in [-0.3, -0.25) is 0 Å². The zero-order valence-corrected chi connectivity index (χ0v) is 10.5. The lowest BCUT2D eigenvalue weighted by atomic mass is 9.99. The number of para-hydroxylation sites is 2. The minimum atomic E-state index is -0.332. The maximum Gasteiger partial charge on any atom is 0.130 e. The second-order valence-electron chi connectivity index (χ2n) is 5.30. The van der Waals surface area contributed by atoms with Gasteiger partial charge >= 0.3 is 0 Å². The highest BCUT2D eigenvalue weighted by molar-refractivity contribution is 5.76. The molecule has 1 unspecified atom stereocenters. The number of hydrogen-bond acceptors (Lipinski definition) is 2. The molecule has 0 saturated heterocycles. The molecule has 1 fully saturated rings. The summed E-state index contributed by atoms with van der Waals surface area (Å²) in [5.74, 6) is 1.05. The van der Waals surface area contributed by atoms with E-state index >= 15 is 0 Å². The van der Waals surface area contributed by atoms with E-state index in [2.05, 4.69) is 36.6 Å². The molecule has 0 radical (unpaired) electrons. The van der Waals surface area contributed by atoms with Crippen molar-refractivity contribution in [3.05, 3.63) is 30.1 Å². The van der Waals surface area contributed by atoms with E-state index in [1.807, 2.05) is 6.07 Å². The molecular formula is C14H19N3. The first-order valence-electron chi connectivity index (χ1n) is 6.40. The minimum Gasteiger partial charge on any atom is -0.323 e. The standard InChI is InChI=1S/C14H19N3/c1-3-14(2,15)13-16-11-6-4-5-7-12(11)17(13)10-8-9-10/h4-7,10H,3,8-9,15H2,1-2H3. The maximum atomic E-state index is 6.38. The first kappa shape index (κ1) is 10.8. The number of nitrogens with zero attached hydrogens (tertiary/aromatic N) is 2. The van der Waals surface area contributed by atoms with Crippen LogP contribution in [-0.4, -0.2) is 9.55 Å². The lowest BCUT2D eigenvalue weighted by Gasteiger charge is -2.23. The molecule has 1 saturated carbocycles. The number of hydrogen-bond donors (Lipinski definition) is 1. The van der Waals surface area contributed by atoms with Crippen LogP contribution in [0.2, 0.25) is 0 Å². The van der Waals surface area contributed by atoms with Gasteiger partial charge in [-0.1, -0.05) is 19.1 Å². The summed E-state index contributed by atoms with van der Waals surface area (Å²) in [6, 6.07) is 8.95. The molecule has 2 aromatic rings. The van der Waals surface area contributed by atoms with Crippen LogP contribution in [0.15, 0.2) is 24.3 Å². The van der Waals surface area contributed by atoms with Crippen LogP contribution < -0.4 is 5.73 Å². The molecule has 1 aromatic heterocycles. The van der Waals surface area contributed by atoms with E-state index in [0.717, 1.165) is 17.8 Å². The lowest BCUT2D eigenvalue weighted by molar-refractivity contribution is 0.424. The first-order valence-corrected chi connectivity index (χ1v) is 6.40. The van der Waals surface area contributed by atoms with Crippen LogP contribution in [0.25, 0.3) is 11.0 Å². The minimum absolute atomic E-state index is 0.332. The Kier molecular flexibility index (Phi) is 2.26. The number of rotatable bonds is 3. The van der Waals surface area contributed by atoms with Gasteiger partial charge in [0.05, 0.1) is 16.6 Å². The molecule has 1 heterocycles. The predicted octanol–water partition coefficient (Wildman–Crippen LogP) is 2.96. The Bertz CT molecular complexity index is 550. The van der Waals surface area contributed by atoms with Gasteiger partial charge < -0.3 is 10.3 Å². The summed E-state index contributed by atoms with van der Waals surface area (Å²) in [5, 5.41) is 0. The normalized spacial score (nSPS) is 19.5. The van der Waals surface area contributed by atoms with E-state index in [4.69, 9.17) is 10.7 Å². The molecule has 1 aliphatic carbocycles. The van der Waals surface area contributed by atoms with Gasteiger partial charge in [-0.05, 0) is 38.3 Å². The molecule has 3 nitrogen and oxygen atoms in total. The smallest absolute Gasteiger partial charge is 0.130 e. The monoisotopic (exact) mass is 229 g/mol. The second-order valence-corrected chi connectivity index (χ2v) is 5.30. The van der Waals surface area contributed by atoms with Crippen LogP contribution in [0, 0.1) is 0 Å². The van der Waals surface area contributed by atoms with Crippen LogP contribution in [0.4, 0.5) is 0 Å². The summed E-state index contributed by atoms with van der Waals surface area (Å²) >= 11 is 0. The molecule has 3 rings (SSSR count). The number of aromatic nitrogens is 2. The fourth-order valence-electron chi connectivity index (χ4n) is 2.31.